The van der Waals surface area contributed by atoms with Gasteiger partial charge in [-0.1, -0.05) is 6.07 Å². The number of hydrogen-bond acceptors (Lipinski definition) is 6. The molecule has 9 nitrogen and oxygen atoms in total. The summed E-state index contributed by atoms with van der Waals surface area (Å²) in [5, 5.41) is 40.4. The summed E-state index contributed by atoms with van der Waals surface area (Å²) in [5.74, 6) is -5.14. The number of allylic oxidation sites excluding steroid dienone is 7. The van der Waals surface area contributed by atoms with Crippen molar-refractivity contribution in [3.05, 3.63) is 139 Å². The van der Waals surface area contributed by atoms with E-state index in [0.29, 0.717) is 0 Å². The van der Waals surface area contributed by atoms with Gasteiger partial charge in [-0.05, 0) is 56.7 Å². The third-order valence-electron chi connectivity index (χ3n) is 6.69. The van der Waals surface area contributed by atoms with Gasteiger partial charge in [-0.3, -0.25) is 0 Å². The SMILES string of the molecule is [C-]#[N+]C1=C(c2cc(F)nc(F)c2)/C(=C(/C#N)[N+]#[C-])c2c1cc1c(c2C#N)C(C#N)=C(c2cc(F)nc(F)c2)/C1=C(\C#N)[N+]#[C-]. The molecular formula is C31H5F4N9. The van der Waals surface area contributed by atoms with Gasteiger partial charge in [0, 0.05) is 23.3 Å². The van der Waals surface area contributed by atoms with Gasteiger partial charge in [0.15, 0.2) is 0 Å². The minimum atomic E-state index is -1.29. The van der Waals surface area contributed by atoms with E-state index >= 15 is 0 Å². The lowest BCUT2D eigenvalue weighted by molar-refractivity contribution is 0.511. The van der Waals surface area contributed by atoms with Crippen molar-refractivity contribution >= 4 is 33.6 Å². The van der Waals surface area contributed by atoms with Crippen molar-refractivity contribution in [1.82, 2.24) is 9.97 Å². The van der Waals surface area contributed by atoms with Gasteiger partial charge in [-0.15, -0.1) is 0 Å². The van der Waals surface area contributed by atoms with E-state index < -0.39 is 46.3 Å². The maximum atomic E-state index is 14.2. The van der Waals surface area contributed by atoms with Crippen molar-refractivity contribution in [2.24, 2.45) is 0 Å². The highest BCUT2D eigenvalue weighted by molar-refractivity contribution is 6.30. The highest BCUT2D eigenvalue weighted by atomic mass is 19.1. The molecule has 0 fully saturated rings. The molecule has 1 aromatic carbocycles. The van der Waals surface area contributed by atoms with Crippen LogP contribution in [0.25, 0.3) is 48.1 Å². The fraction of sp³-hybridized carbons (Fsp3) is 0. The highest BCUT2D eigenvalue weighted by Gasteiger charge is 2.40. The molecule has 202 valence electrons. The molecule has 2 heterocycles. The quantitative estimate of drug-likeness (QED) is 0.148. The lowest BCUT2D eigenvalue weighted by atomic mass is 9.87. The van der Waals surface area contributed by atoms with E-state index in [0.717, 1.165) is 24.3 Å². The Kier molecular flexibility index (Phi) is 6.76. The van der Waals surface area contributed by atoms with E-state index in [-0.39, 0.29) is 61.4 Å². The number of pyridine rings is 2. The first-order valence-corrected chi connectivity index (χ1v) is 11.8. The molecule has 0 amide bonds. The number of halogens is 4. The lowest BCUT2D eigenvalue weighted by Gasteiger charge is -2.14. The van der Waals surface area contributed by atoms with Crippen LogP contribution in [0.1, 0.15) is 38.9 Å². The van der Waals surface area contributed by atoms with E-state index in [2.05, 4.69) is 24.5 Å². The Labute approximate surface area is 245 Å². The molecule has 0 aliphatic heterocycles. The molecule has 2 aromatic heterocycles. The van der Waals surface area contributed by atoms with Gasteiger partial charge in [-0.25, -0.2) is 25.1 Å². The topological polar surface area (TPSA) is 134 Å². The van der Waals surface area contributed by atoms with Crippen LogP contribution < -0.4 is 0 Å². The lowest BCUT2D eigenvalue weighted by Crippen LogP contribution is -2.00. The van der Waals surface area contributed by atoms with Crippen LogP contribution in [0.4, 0.5) is 17.6 Å². The molecule has 3 aromatic rings. The summed E-state index contributed by atoms with van der Waals surface area (Å²) in [6, 6.07) is 11.3. The van der Waals surface area contributed by atoms with Gasteiger partial charge < -0.3 is 0 Å². The van der Waals surface area contributed by atoms with Crippen LogP contribution in [0.3, 0.4) is 0 Å². The Morgan fingerprint density at radius 2 is 1.14 bits per heavy atom. The predicted octanol–water partition coefficient (Wildman–Crippen LogP) is 6.46. The molecule has 0 spiro atoms. The molecule has 0 N–H and O–H groups in total. The van der Waals surface area contributed by atoms with Gasteiger partial charge in [0.05, 0.1) is 43.0 Å². The molecule has 44 heavy (non-hydrogen) atoms. The Morgan fingerprint density at radius 3 is 1.57 bits per heavy atom. The number of rotatable bonds is 2. The third-order valence-corrected chi connectivity index (χ3v) is 6.69. The standard InChI is InChI=1S/C31H5F4N9/c1-40-19(11-38)29-15-8-16-28(18(10-37)27(15)17(9-36)25(29)13-4-21(32)43-22(33)5-13)30(20(12-39)41-2)26(31(16)42-3)14-6-23(34)44-24(35)7-14/h4-8H/b29-19+,30-20+. The Bertz CT molecular complexity index is 2270. The number of hydrogen-bond donors (Lipinski definition) is 0. The fourth-order valence-corrected chi connectivity index (χ4v) is 5.23. The first kappa shape index (κ1) is 28.2. The fourth-order valence-electron chi connectivity index (χ4n) is 5.23. The molecule has 0 unspecified atom stereocenters. The largest absolute Gasteiger partial charge is 0.270 e. The van der Waals surface area contributed by atoms with Crippen LogP contribution >= 0.6 is 0 Å². The summed E-state index contributed by atoms with van der Waals surface area (Å²) in [6.07, 6.45) is 0. The summed E-state index contributed by atoms with van der Waals surface area (Å²) in [5.41, 5.74) is -4.89. The van der Waals surface area contributed by atoms with Crippen LogP contribution in [0, 0.1) is 88.8 Å². The molecule has 0 saturated heterocycles. The summed E-state index contributed by atoms with van der Waals surface area (Å²) < 4.78 is 56.9. The number of aromatic nitrogens is 2. The van der Waals surface area contributed by atoms with Crippen LogP contribution in [0.2, 0.25) is 0 Å². The number of nitrogens with zero attached hydrogens (tertiary/aromatic N) is 9. The molecular weight excluding hydrogens is 574 g/mol. The molecule has 0 radical (unpaired) electrons. The minimum Gasteiger partial charge on any atom is -0.237 e. The van der Waals surface area contributed by atoms with Gasteiger partial charge in [-0.2, -0.15) is 38.1 Å². The average molecular weight is 579 g/mol. The van der Waals surface area contributed by atoms with E-state index in [4.69, 9.17) is 19.7 Å². The molecule has 0 saturated carbocycles. The monoisotopic (exact) mass is 579 g/mol. The summed E-state index contributed by atoms with van der Waals surface area (Å²) in [6.45, 7) is 23.1. The number of fused-ring (bicyclic) bond motifs is 2. The van der Waals surface area contributed by atoms with Gasteiger partial charge in [0.2, 0.25) is 29.5 Å². The van der Waals surface area contributed by atoms with Crippen molar-refractivity contribution < 1.29 is 17.6 Å². The van der Waals surface area contributed by atoms with Gasteiger partial charge in [0.25, 0.3) is 11.4 Å². The zero-order chi connectivity index (χ0) is 31.9. The predicted molar refractivity (Wildman–Crippen MR) is 144 cm³/mol. The van der Waals surface area contributed by atoms with Gasteiger partial charge in [0.1, 0.15) is 12.1 Å². The molecule has 0 atom stereocenters. The molecule has 0 bridgehead atoms. The number of nitriles is 4. The summed E-state index contributed by atoms with van der Waals surface area (Å²) >= 11 is 0. The van der Waals surface area contributed by atoms with E-state index in [9.17, 15) is 38.6 Å². The Balaban J connectivity index is 2.04. The van der Waals surface area contributed by atoms with Crippen molar-refractivity contribution in [1.29, 1.82) is 21.0 Å². The zero-order valence-electron chi connectivity index (χ0n) is 21.4. The second-order valence-electron chi connectivity index (χ2n) is 8.80. The van der Waals surface area contributed by atoms with E-state index in [1.165, 1.54) is 6.07 Å². The van der Waals surface area contributed by atoms with Crippen LogP contribution in [0.15, 0.2) is 41.7 Å². The number of benzene rings is 1. The molecule has 2 aliphatic carbocycles. The first-order chi connectivity index (χ1) is 21.2. The van der Waals surface area contributed by atoms with Crippen molar-refractivity contribution in [2.45, 2.75) is 0 Å². The van der Waals surface area contributed by atoms with E-state index in [1.54, 1.807) is 12.1 Å². The summed E-state index contributed by atoms with van der Waals surface area (Å²) in [7, 11) is 0. The maximum absolute atomic E-state index is 14.2. The van der Waals surface area contributed by atoms with E-state index in [1.807, 2.05) is 12.1 Å². The smallest absolute Gasteiger partial charge is 0.237 e. The van der Waals surface area contributed by atoms with Crippen molar-refractivity contribution in [2.75, 3.05) is 0 Å². The molecule has 2 aliphatic rings. The third kappa shape index (κ3) is 4.03. The minimum absolute atomic E-state index is 0.118. The van der Waals surface area contributed by atoms with Crippen molar-refractivity contribution in [3.63, 3.8) is 0 Å². The maximum Gasteiger partial charge on any atom is 0.270 e. The highest BCUT2D eigenvalue weighted by Crippen LogP contribution is 2.56. The summed E-state index contributed by atoms with van der Waals surface area (Å²) in [4.78, 5) is 15.9. The molecule has 5 rings (SSSR count). The second-order valence-corrected chi connectivity index (χ2v) is 8.80. The van der Waals surface area contributed by atoms with Crippen LogP contribution in [0.5, 0.6) is 0 Å². The average Bonchev–Trinajstić information content (AvgIpc) is 3.49. The Hall–Kier alpha value is -7.37. The first-order valence-electron chi connectivity index (χ1n) is 11.8. The van der Waals surface area contributed by atoms with Crippen LogP contribution in [-0.4, -0.2) is 9.97 Å². The van der Waals surface area contributed by atoms with Gasteiger partial charge >= 0.3 is 0 Å². The second kappa shape index (κ2) is 10.6. The Morgan fingerprint density at radius 1 is 0.636 bits per heavy atom. The zero-order valence-corrected chi connectivity index (χ0v) is 21.4. The van der Waals surface area contributed by atoms with Crippen LogP contribution in [-0.2, 0) is 0 Å². The molecule has 13 heteroatoms. The normalized spacial score (nSPS) is 15.0. The van der Waals surface area contributed by atoms with Crippen molar-refractivity contribution in [3.8, 4) is 24.3 Å².